The van der Waals surface area contributed by atoms with Crippen molar-refractivity contribution >= 4 is 61.8 Å². The van der Waals surface area contributed by atoms with E-state index >= 15 is 4.39 Å². The summed E-state index contributed by atoms with van der Waals surface area (Å²) in [6.45, 7) is 2.35. The second-order valence-corrected chi connectivity index (χ2v) is 9.61. The van der Waals surface area contributed by atoms with Crippen molar-refractivity contribution in [2.75, 3.05) is 11.9 Å². The fraction of sp³-hybridized carbons (Fsp3) is 0.154. The fourth-order valence-corrected chi connectivity index (χ4v) is 4.76. The Morgan fingerprint density at radius 3 is 2.77 bits per heavy atom. The van der Waals surface area contributed by atoms with Crippen LogP contribution in [-0.4, -0.2) is 27.0 Å². The van der Waals surface area contributed by atoms with Crippen LogP contribution in [-0.2, 0) is 13.5 Å². The number of rotatable bonds is 6. The number of anilines is 2. The molecule has 0 bridgehead atoms. The van der Waals surface area contributed by atoms with Gasteiger partial charge in [-0.15, -0.1) is 0 Å². The van der Waals surface area contributed by atoms with Crippen LogP contribution in [0.15, 0.2) is 54.9 Å². The summed E-state index contributed by atoms with van der Waals surface area (Å²) in [5, 5.41) is 6.80. The molecule has 0 saturated carbocycles. The molecule has 0 fully saturated rings. The number of aromatic amines is 1. The summed E-state index contributed by atoms with van der Waals surface area (Å²) in [4.78, 5) is 20.7. The largest absolute Gasteiger partial charge is 0.358 e. The minimum absolute atomic E-state index is 0.0723. The van der Waals surface area contributed by atoms with Gasteiger partial charge in [-0.25, -0.2) is 13.8 Å². The van der Waals surface area contributed by atoms with E-state index in [1.165, 1.54) is 18.5 Å². The van der Waals surface area contributed by atoms with E-state index in [1.54, 1.807) is 23.7 Å². The van der Waals surface area contributed by atoms with Crippen LogP contribution in [0.25, 0.3) is 21.9 Å². The number of imidazole rings is 1. The lowest BCUT2D eigenvalue weighted by Crippen LogP contribution is -2.27. The maximum absolute atomic E-state index is 15.5. The molecule has 0 saturated heterocycles. The number of nitrogens with one attached hydrogen (secondary N) is 3. The van der Waals surface area contributed by atoms with Crippen molar-refractivity contribution in [1.29, 1.82) is 0 Å². The number of para-hydroxylation sites is 1. The first-order chi connectivity index (χ1) is 16.8. The number of H-pyrrole nitrogens is 1. The Hall–Kier alpha value is -3.47. The molecule has 0 aliphatic heterocycles. The van der Waals surface area contributed by atoms with Crippen molar-refractivity contribution in [3.05, 3.63) is 86.9 Å². The van der Waals surface area contributed by atoms with Crippen LogP contribution in [0.1, 0.15) is 21.6 Å². The lowest BCUT2D eigenvalue weighted by atomic mass is 10.1. The van der Waals surface area contributed by atoms with Crippen LogP contribution in [0, 0.1) is 22.1 Å². The van der Waals surface area contributed by atoms with Gasteiger partial charge in [0.2, 0.25) is 0 Å². The summed E-state index contributed by atoms with van der Waals surface area (Å²) in [6.07, 6.45) is 2.08. The summed E-state index contributed by atoms with van der Waals surface area (Å²) >= 11 is 2.00. The van der Waals surface area contributed by atoms with E-state index in [0.29, 0.717) is 22.1 Å². The van der Waals surface area contributed by atoms with Crippen molar-refractivity contribution < 1.29 is 13.6 Å². The van der Waals surface area contributed by atoms with E-state index in [4.69, 9.17) is 0 Å². The fourth-order valence-electron chi connectivity index (χ4n) is 4.30. The van der Waals surface area contributed by atoms with Gasteiger partial charge in [0.05, 0.1) is 28.8 Å². The highest BCUT2D eigenvalue weighted by Crippen LogP contribution is 2.32. The van der Waals surface area contributed by atoms with Gasteiger partial charge in [0.15, 0.2) is 5.82 Å². The van der Waals surface area contributed by atoms with E-state index in [0.717, 1.165) is 22.2 Å². The van der Waals surface area contributed by atoms with Crippen LogP contribution in [0.2, 0.25) is 0 Å². The number of aromatic nitrogens is 3. The zero-order chi connectivity index (χ0) is 24.7. The molecule has 0 aliphatic rings. The Kier molecular flexibility index (Phi) is 6.18. The Balaban J connectivity index is 1.45. The summed E-state index contributed by atoms with van der Waals surface area (Å²) < 4.78 is 32.4. The minimum atomic E-state index is -0.710. The van der Waals surface area contributed by atoms with Gasteiger partial charge in [-0.1, -0.05) is 18.2 Å². The molecule has 1 amide bonds. The van der Waals surface area contributed by atoms with E-state index in [9.17, 15) is 9.18 Å². The summed E-state index contributed by atoms with van der Waals surface area (Å²) in [6, 6.07) is 14.1. The predicted octanol–water partition coefficient (Wildman–Crippen LogP) is 5.96. The zero-order valence-corrected chi connectivity index (χ0v) is 21.2. The molecule has 0 aliphatic carbocycles. The van der Waals surface area contributed by atoms with E-state index in [2.05, 4.69) is 20.6 Å². The number of benzene rings is 3. The summed E-state index contributed by atoms with van der Waals surface area (Å²) in [7, 11) is 1.72. The van der Waals surface area contributed by atoms with Crippen molar-refractivity contribution in [2.24, 2.45) is 7.05 Å². The molecule has 178 valence electrons. The van der Waals surface area contributed by atoms with Crippen LogP contribution < -0.4 is 10.6 Å². The summed E-state index contributed by atoms with van der Waals surface area (Å²) in [5.74, 6) is -1.71. The quantitative estimate of drug-likeness (QED) is 0.215. The van der Waals surface area contributed by atoms with Crippen molar-refractivity contribution in [3.8, 4) is 0 Å². The average molecular weight is 585 g/mol. The monoisotopic (exact) mass is 585 g/mol. The molecule has 0 radical (unpaired) electrons. The lowest BCUT2D eigenvalue weighted by molar-refractivity contribution is 0.0954. The van der Waals surface area contributed by atoms with Crippen LogP contribution in [0.3, 0.4) is 0 Å². The number of fused-ring (bicyclic) bond motifs is 2. The second-order valence-electron chi connectivity index (χ2n) is 8.37. The highest BCUT2D eigenvalue weighted by molar-refractivity contribution is 14.1. The van der Waals surface area contributed by atoms with Gasteiger partial charge in [0.25, 0.3) is 5.91 Å². The lowest BCUT2D eigenvalue weighted by Gasteiger charge is -2.15. The van der Waals surface area contributed by atoms with E-state index < -0.39 is 17.5 Å². The first-order valence-corrected chi connectivity index (χ1v) is 12.1. The number of hydrogen-bond donors (Lipinski definition) is 3. The molecule has 2 aromatic heterocycles. The summed E-state index contributed by atoms with van der Waals surface area (Å²) in [5.41, 5.74) is 3.81. The topological polar surface area (TPSA) is 74.7 Å². The van der Waals surface area contributed by atoms with Gasteiger partial charge in [0.1, 0.15) is 11.3 Å². The van der Waals surface area contributed by atoms with Gasteiger partial charge in [-0.05, 0) is 71.8 Å². The van der Waals surface area contributed by atoms with Gasteiger partial charge < -0.3 is 20.2 Å². The smallest absolute Gasteiger partial charge is 0.253 e. The molecule has 3 N–H and O–H groups in total. The van der Waals surface area contributed by atoms with E-state index in [-0.39, 0.29) is 22.5 Å². The number of halogens is 3. The number of carbonyl (C=O) groups excluding carboxylic acids is 1. The number of carbonyl (C=O) groups is 1. The number of hydrogen-bond acceptors (Lipinski definition) is 3. The van der Waals surface area contributed by atoms with Gasteiger partial charge in [-0.3, -0.25) is 4.79 Å². The van der Waals surface area contributed by atoms with Crippen molar-refractivity contribution in [3.63, 3.8) is 0 Å². The highest BCUT2D eigenvalue weighted by Gasteiger charge is 2.22. The second kappa shape index (κ2) is 9.29. The molecular weight excluding hydrogens is 563 g/mol. The van der Waals surface area contributed by atoms with Gasteiger partial charge >= 0.3 is 0 Å². The molecule has 3 aromatic carbocycles. The van der Waals surface area contributed by atoms with Crippen molar-refractivity contribution in [1.82, 2.24) is 19.9 Å². The molecule has 2 heterocycles. The predicted molar refractivity (Wildman–Crippen MR) is 142 cm³/mol. The van der Waals surface area contributed by atoms with Gasteiger partial charge in [0, 0.05) is 33.8 Å². The molecule has 9 heteroatoms. The minimum Gasteiger partial charge on any atom is -0.358 e. The van der Waals surface area contributed by atoms with Crippen LogP contribution >= 0.6 is 22.6 Å². The highest BCUT2D eigenvalue weighted by atomic mass is 127. The third-order valence-electron chi connectivity index (χ3n) is 6.08. The Morgan fingerprint density at radius 1 is 1.17 bits per heavy atom. The average Bonchev–Trinajstić information content (AvgIpc) is 3.36. The Morgan fingerprint density at radius 2 is 1.97 bits per heavy atom. The normalized spacial score (nSPS) is 11.3. The SMILES string of the molecule is Cc1[nH]c2ccccc2c1CCNC(=O)c1cc2c(ncn2C)c(F)c1Nc1ccc(I)cc1F. The van der Waals surface area contributed by atoms with E-state index in [1.807, 2.05) is 53.8 Å². The zero-order valence-electron chi connectivity index (χ0n) is 19.0. The Bertz CT molecular complexity index is 1590. The van der Waals surface area contributed by atoms with Crippen LogP contribution in [0.5, 0.6) is 0 Å². The standard InChI is InChI=1S/C26H22F2IN5O/c1-14-16(17-5-3-4-6-20(17)32-14)9-10-30-26(35)18-12-22-25(31-13-34(22)2)23(28)24(18)33-21-8-7-15(29)11-19(21)27/h3-8,11-13,32-33H,9-10H2,1-2H3,(H,30,35). The third-order valence-corrected chi connectivity index (χ3v) is 6.75. The third kappa shape index (κ3) is 4.36. The molecule has 5 rings (SSSR count). The molecule has 0 atom stereocenters. The van der Waals surface area contributed by atoms with Crippen LogP contribution in [0.4, 0.5) is 20.2 Å². The Labute approximate surface area is 213 Å². The first-order valence-electron chi connectivity index (χ1n) is 11.0. The number of nitrogens with zero attached hydrogens (tertiary/aromatic N) is 2. The molecule has 35 heavy (non-hydrogen) atoms. The number of amides is 1. The maximum atomic E-state index is 15.5. The molecular formula is C26H22F2IN5O. The molecule has 0 spiro atoms. The molecule has 6 nitrogen and oxygen atoms in total. The molecule has 5 aromatic rings. The van der Waals surface area contributed by atoms with Crippen molar-refractivity contribution in [2.45, 2.75) is 13.3 Å². The van der Waals surface area contributed by atoms with Gasteiger partial charge in [-0.2, -0.15) is 0 Å². The maximum Gasteiger partial charge on any atom is 0.253 e. The number of aryl methyl sites for hydroxylation is 2. The molecule has 0 unspecified atom stereocenters. The first kappa shape index (κ1) is 23.3.